The summed E-state index contributed by atoms with van der Waals surface area (Å²) in [6.07, 6.45) is 1.63. The Hall–Kier alpha value is -3.41. The number of hydrogen-bond donors (Lipinski definition) is 0. The lowest BCUT2D eigenvalue weighted by Gasteiger charge is -2.08. The van der Waals surface area contributed by atoms with Gasteiger partial charge in [-0.3, -0.25) is 0 Å². The van der Waals surface area contributed by atoms with Crippen LogP contribution in [0, 0.1) is 5.82 Å². The van der Waals surface area contributed by atoms with E-state index in [0.717, 1.165) is 0 Å². The minimum Gasteiger partial charge on any atom is -0.479 e. The van der Waals surface area contributed by atoms with Crippen LogP contribution >= 0.6 is 0 Å². The van der Waals surface area contributed by atoms with Crippen molar-refractivity contribution < 1.29 is 23.4 Å². The van der Waals surface area contributed by atoms with E-state index in [1.807, 2.05) is 6.07 Å². The minimum absolute atomic E-state index is 0.00133. The lowest BCUT2D eigenvalue weighted by Crippen LogP contribution is -2.18. The highest BCUT2D eigenvalue weighted by Crippen LogP contribution is 2.22. The maximum atomic E-state index is 13.4. The molecule has 6 heteroatoms. The molecule has 0 bridgehead atoms. The number of pyridine rings is 1. The van der Waals surface area contributed by atoms with Crippen molar-refractivity contribution in [2.45, 2.75) is 0 Å². The average molecular weight is 339 g/mol. The Morgan fingerprint density at radius 3 is 2.36 bits per heavy atom. The molecule has 2 aromatic carbocycles. The number of benzene rings is 2. The van der Waals surface area contributed by atoms with Gasteiger partial charge in [0.05, 0.1) is 0 Å². The number of esters is 1. The van der Waals surface area contributed by atoms with Crippen LogP contribution in [0.5, 0.6) is 23.1 Å². The van der Waals surface area contributed by atoms with E-state index in [9.17, 15) is 9.18 Å². The summed E-state index contributed by atoms with van der Waals surface area (Å²) in [6, 6.07) is 17.6. The second kappa shape index (κ2) is 7.92. The van der Waals surface area contributed by atoms with Gasteiger partial charge in [-0.15, -0.1) is 0 Å². The summed E-state index contributed by atoms with van der Waals surface area (Å²) in [5.74, 6) is 0.175. The fourth-order valence-corrected chi connectivity index (χ4v) is 1.96. The van der Waals surface area contributed by atoms with Gasteiger partial charge >= 0.3 is 5.97 Å². The van der Waals surface area contributed by atoms with Crippen LogP contribution in [-0.2, 0) is 4.79 Å². The van der Waals surface area contributed by atoms with E-state index in [-0.39, 0.29) is 5.75 Å². The maximum Gasteiger partial charge on any atom is 0.349 e. The smallest absolute Gasteiger partial charge is 0.349 e. The summed E-state index contributed by atoms with van der Waals surface area (Å²) >= 11 is 0. The zero-order chi connectivity index (χ0) is 17.5. The first kappa shape index (κ1) is 16.4. The van der Waals surface area contributed by atoms with Crippen LogP contribution in [0.1, 0.15) is 0 Å². The van der Waals surface area contributed by atoms with E-state index in [0.29, 0.717) is 17.4 Å². The van der Waals surface area contributed by atoms with Crippen LogP contribution < -0.4 is 14.2 Å². The molecule has 0 aliphatic rings. The first-order valence-corrected chi connectivity index (χ1v) is 7.48. The van der Waals surface area contributed by atoms with Crippen LogP contribution in [0.15, 0.2) is 72.9 Å². The molecule has 0 unspecified atom stereocenters. The number of rotatable bonds is 6. The van der Waals surface area contributed by atoms with Crippen LogP contribution in [0.2, 0.25) is 0 Å². The molecule has 3 rings (SSSR count). The quantitative estimate of drug-likeness (QED) is 0.502. The maximum absolute atomic E-state index is 13.4. The lowest BCUT2D eigenvalue weighted by molar-refractivity contribution is -0.136. The highest BCUT2D eigenvalue weighted by atomic mass is 19.1. The first-order valence-electron chi connectivity index (χ1n) is 7.48. The van der Waals surface area contributed by atoms with Crippen LogP contribution in [0.25, 0.3) is 0 Å². The van der Waals surface area contributed by atoms with Gasteiger partial charge in [0.2, 0.25) is 5.88 Å². The van der Waals surface area contributed by atoms with E-state index >= 15 is 0 Å². The van der Waals surface area contributed by atoms with Gasteiger partial charge in [-0.05, 0) is 42.5 Å². The van der Waals surface area contributed by atoms with E-state index in [2.05, 4.69) is 4.98 Å². The van der Waals surface area contributed by atoms with Gasteiger partial charge in [0.25, 0.3) is 0 Å². The average Bonchev–Trinajstić information content (AvgIpc) is 2.64. The van der Waals surface area contributed by atoms with Gasteiger partial charge in [0.15, 0.2) is 18.2 Å². The summed E-state index contributed by atoms with van der Waals surface area (Å²) in [4.78, 5) is 15.8. The molecule has 0 fully saturated rings. The largest absolute Gasteiger partial charge is 0.479 e. The van der Waals surface area contributed by atoms with Gasteiger partial charge in [-0.1, -0.05) is 18.2 Å². The summed E-state index contributed by atoms with van der Waals surface area (Å²) < 4.78 is 29.1. The van der Waals surface area contributed by atoms with Crippen molar-refractivity contribution in [2.24, 2.45) is 0 Å². The standard InChI is InChI=1S/C19H14FNO4/c20-16-5-1-2-6-17(16)23-13-19(22)25-15-10-8-14(9-11-15)24-18-7-3-4-12-21-18/h1-12H,13H2. The molecule has 0 amide bonds. The first-order chi connectivity index (χ1) is 12.2. The summed E-state index contributed by atoms with van der Waals surface area (Å²) in [7, 11) is 0. The molecule has 0 atom stereocenters. The number of halogens is 1. The van der Waals surface area contributed by atoms with Gasteiger partial charge in [-0.25, -0.2) is 14.2 Å². The Kier molecular flexibility index (Phi) is 5.21. The van der Waals surface area contributed by atoms with E-state index in [1.54, 1.807) is 48.7 Å². The summed E-state index contributed by atoms with van der Waals surface area (Å²) in [5.41, 5.74) is 0. The second-order valence-electron chi connectivity index (χ2n) is 4.93. The van der Waals surface area contributed by atoms with Gasteiger partial charge in [0, 0.05) is 12.3 Å². The van der Waals surface area contributed by atoms with E-state index in [4.69, 9.17) is 14.2 Å². The van der Waals surface area contributed by atoms with Crippen molar-refractivity contribution >= 4 is 5.97 Å². The van der Waals surface area contributed by atoms with Crippen molar-refractivity contribution in [2.75, 3.05) is 6.61 Å². The predicted octanol–water partition coefficient (Wildman–Crippen LogP) is 4.00. The number of carbonyl (C=O) groups is 1. The third-order valence-corrected chi connectivity index (χ3v) is 3.10. The normalized spacial score (nSPS) is 10.1. The monoisotopic (exact) mass is 339 g/mol. The molecular weight excluding hydrogens is 325 g/mol. The number of hydrogen-bond acceptors (Lipinski definition) is 5. The highest BCUT2D eigenvalue weighted by molar-refractivity contribution is 5.74. The molecule has 5 nitrogen and oxygen atoms in total. The fraction of sp³-hybridized carbons (Fsp3) is 0.0526. The molecule has 0 aliphatic heterocycles. The Labute approximate surface area is 143 Å². The van der Waals surface area contributed by atoms with Crippen molar-refractivity contribution in [1.29, 1.82) is 0 Å². The summed E-state index contributed by atoms with van der Waals surface area (Å²) in [5, 5.41) is 0. The van der Waals surface area contributed by atoms with Crippen LogP contribution in [-0.4, -0.2) is 17.6 Å². The molecule has 1 heterocycles. The SMILES string of the molecule is O=C(COc1ccccc1F)Oc1ccc(Oc2ccccn2)cc1. The van der Waals surface area contributed by atoms with Gasteiger partial charge in [0.1, 0.15) is 11.5 Å². The number of ether oxygens (including phenoxy) is 3. The molecule has 0 aliphatic carbocycles. The topological polar surface area (TPSA) is 57.7 Å². The fourth-order valence-electron chi connectivity index (χ4n) is 1.96. The van der Waals surface area contributed by atoms with E-state index in [1.165, 1.54) is 18.2 Å². The Balaban J connectivity index is 1.52. The van der Waals surface area contributed by atoms with Crippen molar-refractivity contribution in [1.82, 2.24) is 4.98 Å². The molecular formula is C19H14FNO4. The zero-order valence-electron chi connectivity index (χ0n) is 13.1. The van der Waals surface area contributed by atoms with Crippen LogP contribution in [0.4, 0.5) is 4.39 Å². The molecule has 1 aromatic heterocycles. The van der Waals surface area contributed by atoms with Gasteiger partial charge < -0.3 is 14.2 Å². The van der Waals surface area contributed by atoms with Crippen molar-refractivity contribution in [3.63, 3.8) is 0 Å². The Morgan fingerprint density at radius 1 is 0.920 bits per heavy atom. The molecule has 126 valence electrons. The zero-order valence-corrected chi connectivity index (χ0v) is 13.1. The van der Waals surface area contributed by atoms with Crippen LogP contribution in [0.3, 0.4) is 0 Å². The number of nitrogens with zero attached hydrogens (tertiary/aromatic N) is 1. The molecule has 0 saturated carbocycles. The van der Waals surface area contributed by atoms with E-state index < -0.39 is 18.4 Å². The minimum atomic E-state index is -0.637. The van der Waals surface area contributed by atoms with Gasteiger partial charge in [-0.2, -0.15) is 0 Å². The predicted molar refractivity (Wildman–Crippen MR) is 88.3 cm³/mol. The number of para-hydroxylation sites is 1. The Bertz CT molecular complexity index is 838. The molecule has 3 aromatic rings. The highest BCUT2D eigenvalue weighted by Gasteiger charge is 2.09. The molecule has 0 saturated heterocycles. The molecule has 0 spiro atoms. The molecule has 0 N–H and O–H groups in total. The third-order valence-electron chi connectivity index (χ3n) is 3.10. The lowest BCUT2D eigenvalue weighted by atomic mass is 10.3. The number of aromatic nitrogens is 1. The number of carbonyl (C=O) groups excluding carboxylic acids is 1. The second-order valence-corrected chi connectivity index (χ2v) is 4.93. The Morgan fingerprint density at radius 2 is 1.64 bits per heavy atom. The third kappa shape index (κ3) is 4.78. The molecule has 25 heavy (non-hydrogen) atoms. The van der Waals surface area contributed by atoms with Crippen molar-refractivity contribution in [3.8, 4) is 23.1 Å². The molecule has 0 radical (unpaired) electrons. The van der Waals surface area contributed by atoms with Crippen molar-refractivity contribution in [3.05, 3.63) is 78.7 Å². The summed E-state index contributed by atoms with van der Waals surface area (Å²) in [6.45, 7) is -0.396.